The standard InChI is InChI=1S/C20H24N2O4S/c1-13-10-22(11-14(2)26-13)12-18(23)21-19-16(20(24)25-3)9-17(27-19)15-7-5-4-6-8-15/h4-9,13-14H,10-12H2,1-3H3,(H,21,23)/t13-,14-/m1/s1. The van der Waals surface area contributed by atoms with Gasteiger partial charge in [0.1, 0.15) is 5.00 Å². The van der Waals surface area contributed by atoms with Crippen LogP contribution in [-0.2, 0) is 14.3 Å². The van der Waals surface area contributed by atoms with Crippen molar-refractivity contribution in [2.75, 3.05) is 32.1 Å². The summed E-state index contributed by atoms with van der Waals surface area (Å²) in [7, 11) is 1.34. The second-order valence-electron chi connectivity index (χ2n) is 6.71. The topological polar surface area (TPSA) is 67.9 Å². The molecule has 6 nitrogen and oxygen atoms in total. The summed E-state index contributed by atoms with van der Waals surface area (Å²) < 4.78 is 10.6. The summed E-state index contributed by atoms with van der Waals surface area (Å²) in [6.45, 7) is 5.68. The van der Waals surface area contributed by atoms with E-state index in [0.29, 0.717) is 23.7 Å². The summed E-state index contributed by atoms with van der Waals surface area (Å²) in [4.78, 5) is 27.7. The van der Waals surface area contributed by atoms with Gasteiger partial charge in [0.05, 0.1) is 31.4 Å². The van der Waals surface area contributed by atoms with Crippen molar-refractivity contribution in [3.8, 4) is 10.4 Å². The minimum Gasteiger partial charge on any atom is -0.465 e. The van der Waals surface area contributed by atoms with E-state index in [4.69, 9.17) is 9.47 Å². The molecule has 0 spiro atoms. The molecule has 0 aliphatic carbocycles. The van der Waals surface area contributed by atoms with Gasteiger partial charge in [-0.1, -0.05) is 30.3 Å². The Labute approximate surface area is 163 Å². The number of carbonyl (C=O) groups excluding carboxylic acids is 2. The van der Waals surface area contributed by atoms with E-state index in [9.17, 15) is 9.59 Å². The minimum absolute atomic E-state index is 0.0959. The number of nitrogens with zero attached hydrogens (tertiary/aromatic N) is 1. The Balaban J connectivity index is 1.75. The van der Waals surface area contributed by atoms with Gasteiger partial charge in [0.25, 0.3) is 0 Å². The lowest BCUT2D eigenvalue weighted by molar-refractivity contribution is -0.121. The third-order valence-corrected chi connectivity index (χ3v) is 5.41. The maximum absolute atomic E-state index is 12.6. The number of ether oxygens (including phenoxy) is 2. The van der Waals surface area contributed by atoms with Gasteiger partial charge in [0.2, 0.25) is 5.91 Å². The van der Waals surface area contributed by atoms with Gasteiger partial charge in [-0.15, -0.1) is 11.3 Å². The number of nitrogens with one attached hydrogen (secondary N) is 1. The number of carbonyl (C=O) groups is 2. The molecule has 1 N–H and O–H groups in total. The molecular formula is C20H24N2O4S. The molecule has 1 aromatic carbocycles. The van der Waals surface area contributed by atoms with Crippen LogP contribution < -0.4 is 5.32 Å². The third kappa shape index (κ3) is 4.94. The zero-order chi connectivity index (χ0) is 19.4. The molecule has 0 unspecified atom stereocenters. The van der Waals surface area contributed by atoms with Gasteiger partial charge >= 0.3 is 5.97 Å². The highest BCUT2D eigenvalue weighted by Crippen LogP contribution is 2.35. The predicted octanol–water partition coefficient (Wildman–Crippen LogP) is 3.25. The number of morpholine rings is 1. The number of methoxy groups -OCH3 is 1. The second kappa shape index (κ2) is 8.65. The average Bonchev–Trinajstić information content (AvgIpc) is 3.04. The van der Waals surface area contributed by atoms with Crippen LogP contribution in [0.25, 0.3) is 10.4 Å². The largest absolute Gasteiger partial charge is 0.465 e. The predicted molar refractivity (Wildman–Crippen MR) is 106 cm³/mol. The van der Waals surface area contributed by atoms with E-state index in [0.717, 1.165) is 10.4 Å². The van der Waals surface area contributed by atoms with Crippen molar-refractivity contribution in [3.63, 3.8) is 0 Å². The highest BCUT2D eigenvalue weighted by molar-refractivity contribution is 7.20. The molecular weight excluding hydrogens is 364 g/mol. The lowest BCUT2D eigenvalue weighted by Crippen LogP contribution is -2.48. The molecule has 1 aliphatic rings. The van der Waals surface area contributed by atoms with Crippen molar-refractivity contribution in [1.29, 1.82) is 0 Å². The molecule has 0 saturated carbocycles. The van der Waals surface area contributed by atoms with Gasteiger partial charge in [0.15, 0.2) is 0 Å². The first kappa shape index (κ1) is 19.5. The summed E-state index contributed by atoms with van der Waals surface area (Å²) in [5.41, 5.74) is 1.36. The monoisotopic (exact) mass is 388 g/mol. The van der Waals surface area contributed by atoms with E-state index < -0.39 is 5.97 Å². The Morgan fingerprint density at radius 1 is 1.22 bits per heavy atom. The Bertz CT molecular complexity index is 796. The third-order valence-electron chi connectivity index (χ3n) is 4.31. The number of thiophene rings is 1. The van der Waals surface area contributed by atoms with Crippen molar-refractivity contribution in [2.45, 2.75) is 26.1 Å². The highest BCUT2D eigenvalue weighted by Gasteiger charge is 2.25. The van der Waals surface area contributed by atoms with Gasteiger partial charge in [-0.3, -0.25) is 9.69 Å². The Morgan fingerprint density at radius 3 is 2.52 bits per heavy atom. The number of anilines is 1. The van der Waals surface area contributed by atoms with Crippen molar-refractivity contribution in [1.82, 2.24) is 4.90 Å². The Morgan fingerprint density at radius 2 is 1.89 bits per heavy atom. The summed E-state index contributed by atoms with van der Waals surface area (Å²) in [6, 6.07) is 11.5. The first-order chi connectivity index (χ1) is 13.0. The van der Waals surface area contributed by atoms with Crippen LogP contribution in [0.1, 0.15) is 24.2 Å². The van der Waals surface area contributed by atoms with Crippen LogP contribution in [0, 0.1) is 0 Å². The molecule has 1 aromatic heterocycles. The molecule has 7 heteroatoms. The van der Waals surface area contributed by atoms with E-state index in [1.807, 2.05) is 44.2 Å². The number of hydrogen-bond acceptors (Lipinski definition) is 6. The molecule has 2 aromatic rings. The quantitative estimate of drug-likeness (QED) is 0.797. The van der Waals surface area contributed by atoms with Crippen LogP contribution >= 0.6 is 11.3 Å². The van der Waals surface area contributed by atoms with Crippen molar-refractivity contribution in [2.24, 2.45) is 0 Å². The highest BCUT2D eigenvalue weighted by atomic mass is 32.1. The Hall–Kier alpha value is -2.22. The second-order valence-corrected chi connectivity index (χ2v) is 7.76. The summed E-state index contributed by atoms with van der Waals surface area (Å²) in [5.74, 6) is -0.611. The smallest absolute Gasteiger partial charge is 0.340 e. The molecule has 27 heavy (non-hydrogen) atoms. The van der Waals surface area contributed by atoms with Gasteiger partial charge in [-0.25, -0.2) is 4.79 Å². The zero-order valence-electron chi connectivity index (χ0n) is 15.7. The van der Waals surface area contributed by atoms with E-state index >= 15 is 0 Å². The summed E-state index contributed by atoms with van der Waals surface area (Å²) >= 11 is 1.37. The fourth-order valence-corrected chi connectivity index (χ4v) is 4.34. The van der Waals surface area contributed by atoms with Crippen LogP contribution in [0.4, 0.5) is 5.00 Å². The lowest BCUT2D eigenvalue weighted by atomic mass is 10.1. The average molecular weight is 388 g/mol. The van der Waals surface area contributed by atoms with Gasteiger partial charge < -0.3 is 14.8 Å². The van der Waals surface area contributed by atoms with Crippen molar-refractivity contribution in [3.05, 3.63) is 42.0 Å². The molecule has 2 atom stereocenters. The number of esters is 1. The fourth-order valence-electron chi connectivity index (χ4n) is 3.27. The van der Waals surface area contributed by atoms with Crippen LogP contribution in [0.3, 0.4) is 0 Å². The lowest BCUT2D eigenvalue weighted by Gasteiger charge is -2.34. The minimum atomic E-state index is -0.461. The van der Waals surface area contributed by atoms with Crippen LogP contribution in [-0.4, -0.2) is 55.7 Å². The molecule has 1 fully saturated rings. The van der Waals surface area contributed by atoms with Crippen LogP contribution in [0.2, 0.25) is 0 Å². The SMILES string of the molecule is COC(=O)c1cc(-c2ccccc2)sc1NC(=O)CN1C[C@@H](C)O[C@H](C)C1. The molecule has 1 aliphatic heterocycles. The van der Waals surface area contributed by atoms with Gasteiger partial charge in [-0.05, 0) is 25.5 Å². The van der Waals surface area contributed by atoms with Crippen molar-refractivity contribution < 1.29 is 19.1 Å². The molecule has 2 heterocycles. The van der Waals surface area contributed by atoms with E-state index in [1.165, 1.54) is 18.4 Å². The molecule has 1 saturated heterocycles. The Kier molecular flexibility index (Phi) is 6.26. The first-order valence-corrected chi connectivity index (χ1v) is 9.73. The number of amides is 1. The molecule has 0 radical (unpaired) electrons. The van der Waals surface area contributed by atoms with E-state index in [1.54, 1.807) is 6.07 Å². The number of rotatable bonds is 5. The fraction of sp³-hybridized carbons (Fsp3) is 0.400. The van der Waals surface area contributed by atoms with E-state index in [-0.39, 0.29) is 24.7 Å². The molecule has 144 valence electrons. The molecule has 3 rings (SSSR count). The maximum atomic E-state index is 12.6. The van der Waals surface area contributed by atoms with Gasteiger partial charge in [-0.2, -0.15) is 0 Å². The zero-order valence-corrected chi connectivity index (χ0v) is 16.5. The first-order valence-electron chi connectivity index (χ1n) is 8.91. The van der Waals surface area contributed by atoms with E-state index in [2.05, 4.69) is 10.2 Å². The maximum Gasteiger partial charge on any atom is 0.340 e. The van der Waals surface area contributed by atoms with Crippen LogP contribution in [0.15, 0.2) is 36.4 Å². The van der Waals surface area contributed by atoms with Crippen molar-refractivity contribution >= 4 is 28.2 Å². The number of benzene rings is 1. The molecule has 1 amide bonds. The van der Waals surface area contributed by atoms with Crippen LogP contribution in [0.5, 0.6) is 0 Å². The molecule has 0 bridgehead atoms. The van der Waals surface area contributed by atoms with Gasteiger partial charge in [0, 0.05) is 18.0 Å². The number of hydrogen-bond donors (Lipinski definition) is 1. The summed E-state index contributed by atoms with van der Waals surface area (Å²) in [6.07, 6.45) is 0.192. The summed E-state index contributed by atoms with van der Waals surface area (Å²) in [5, 5.41) is 3.40. The normalized spacial score (nSPS) is 20.3.